The molecule has 0 rings (SSSR count). The molecule has 0 unspecified atom stereocenters. The van der Waals surface area contributed by atoms with Crippen LogP contribution < -0.4 is 0 Å². The molecule has 0 atom stereocenters. The number of carboxylic acids is 4. The Bertz CT molecular complexity index is 505. The Kier molecular flexibility index (Phi) is 16.0. The second-order valence-corrected chi connectivity index (χ2v) is 5.34. The molecule has 0 saturated carbocycles. The maximum Gasteiger partial charge on any atom is 0.394 e. The van der Waals surface area contributed by atoms with Crippen molar-refractivity contribution in [3.8, 4) is 0 Å². The molecule has 0 aromatic rings. The number of hydrogen-bond donors (Lipinski definition) is 6. The number of carbonyl (C=O) groups is 4. The number of nitrogens with zero attached hydrogens (tertiary/aromatic N) is 2. The Morgan fingerprint density at radius 1 is 0.615 bits per heavy atom. The standard InChI is InChI=1S/C10H16N2O8.Fe.H2O4S/c13-7(14)3-11(4-8(15)16)1-2-12(5-9(17)18)6-10(19)20;;1-5(2,3)4/h1-6H2,(H,13,14)(H,15,16)(H,17,18)(H,19,20);;(H2,1,2,3,4). The van der Waals surface area contributed by atoms with Gasteiger partial charge in [-0.15, -0.1) is 0 Å². The van der Waals surface area contributed by atoms with Gasteiger partial charge in [-0.2, -0.15) is 8.42 Å². The summed E-state index contributed by atoms with van der Waals surface area (Å²) in [5.74, 6) is -4.91. The van der Waals surface area contributed by atoms with Crippen LogP contribution in [0.1, 0.15) is 0 Å². The van der Waals surface area contributed by atoms with Gasteiger partial charge in [-0.1, -0.05) is 0 Å². The van der Waals surface area contributed by atoms with Gasteiger partial charge in [0.15, 0.2) is 0 Å². The normalized spacial score (nSPS) is 10.5. The van der Waals surface area contributed by atoms with Gasteiger partial charge in [0.1, 0.15) is 0 Å². The maximum absolute atomic E-state index is 10.6. The zero-order valence-corrected chi connectivity index (χ0v) is 15.0. The van der Waals surface area contributed by atoms with Gasteiger partial charge >= 0.3 is 34.3 Å². The third-order valence-corrected chi connectivity index (χ3v) is 2.17. The van der Waals surface area contributed by atoms with Crippen molar-refractivity contribution in [1.29, 1.82) is 0 Å². The largest absolute Gasteiger partial charge is 0.480 e. The second kappa shape index (κ2) is 14.4. The molecule has 26 heavy (non-hydrogen) atoms. The van der Waals surface area contributed by atoms with Crippen LogP contribution in [0.15, 0.2) is 0 Å². The van der Waals surface area contributed by atoms with E-state index in [0.717, 1.165) is 9.80 Å². The summed E-state index contributed by atoms with van der Waals surface area (Å²) in [6.45, 7) is -2.25. The van der Waals surface area contributed by atoms with Crippen LogP contribution in [0.4, 0.5) is 0 Å². The van der Waals surface area contributed by atoms with Crippen LogP contribution in [-0.2, 0) is 46.6 Å². The summed E-state index contributed by atoms with van der Waals surface area (Å²) in [6.07, 6.45) is 0. The molecule has 0 heterocycles. The van der Waals surface area contributed by atoms with Crippen LogP contribution in [0.2, 0.25) is 0 Å². The van der Waals surface area contributed by atoms with Gasteiger partial charge in [0.2, 0.25) is 0 Å². The van der Waals surface area contributed by atoms with Crippen molar-refractivity contribution in [3.63, 3.8) is 0 Å². The van der Waals surface area contributed by atoms with Crippen molar-refractivity contribution < 1.29 is 74.2 Å². The predicted molar refractivity (Wildman–Crippen MR) is 77.6 cm³/mol. The first-order valence-corrected chi connectivity index (χ1v) is 7.62. The fraction of sp³-hybridized carbons (Fsp3) is 0.600. The fourth-order valence-corrected chi connectivity index (χ4v) is 1.48. The molecule has 6 N–H and O–H groups in total. The molecular weight excluding hydrogens is 428 g/mol. The number of hydrogen-bond acceptors (Lipinski definition) is 8. The minimum absolute atomic E-state index is 0. The van der Waals surface area contributed by atoms with E-state index >= 15 is 0 Å². The molecular formula is C10H18FeN2O12S. The zero-order chi connectivity index (χ0) is 20.2. The van der Waals surface area contributed by atoms with E-state index in [4.69, 9.17) is 37.9 Å². The molecule has 0 radical (unpaired) electrons. The molecule has 0 aliphatic carbocycles. The monoisotopic (exact) mass is 446 g/mol. The van der Waals surface area contributed by atoms with Crippen molar-refractivity contribution in [3.05, 3.63) is 0 Å². The molecule has 0 aliphatic heterocycles. The van der Waals surface area contributed by atoms with Crippen LogP contribution >= 0.6 is 0 Å². The molecule has 0 fully saturated rings. The molecule has 0 saturated heterocycles. The van der Waals surface area contributed by atoms with Crippen molar-refractivity contribution in [2.45, 2.75) is 0 Å². The quantitative estimate of drug-likeness (QED) is 0.140. The summed E-state index contributed by atoms with van der Waals surface area (Å²) < 4.78 is 31.6. The van der Waals surface area contributed by atoms with Crippen molar-refractivity contribution in [2.75, 3.05) is 39.3 Å². The SMILES string of the molecule is O=C(O)CN(CCN(CC(=O)O)CC(=O)O)CC(=O)O.O=S(=O)(O)O.[Fe]. The number of carboxylic acid groups (broad SMARTS) is 4. The van der Waals surface area contributed by atoms with E-state index in [1.54, 1.807) is 0 Å². The Hall–Kier alpha value is -1.81. The molecule has 16 heteroatoms. The average molecular weight is 446 g/mol. The van der Waals surface area contributed by atoms with Crippen molar-refractivity contribution in [1.82, 2.24) is 9.80 Å². The Morgan fingerprint density at radius 2 is 0.769 bits per heavy atom. The van der Waals surface area contributed by atoms with E-state index in [1.165, 1.54) is 0 Å². The summed E-state index contributed by atoms with van der Waals surface area (Å²) in [5.41, 5.74) is 0. The molecule has 154 valence electrons. The summed E-state index contributed by atoms with van der Waals surface area (Å²) in [5, 5.41) is 34.5. The minimum atomic E-state index is -4.67. The first kappa shape index (κ1) is 29.0. The third-order valence-electron chi connectivity index (χ3n) is 2.17. The van der Waals surface area contributed by atoms with E-state index in [-0.39, 0.29) is 30.2 Å². The zero-order valence-electron chi connectivity index (χ0n) is 13.0. The van der Waals surface area contributed by atoms with Gasteiger partial charge in [0.25, 0.3) is 0 Å². The smallest absolute Gasteiger partial charge is 0.394 e. The topological polar surface area (TPSA) is 230 Å². The average Bonchev–Trinajstić information content (AvgIpc) is 2.30. The van der Waals surface area contributed by atoms with Crippen LogP contribution in [-0.4, -0.2) is 111 Å². The van der Waals surface area contributed by atoms with Crippen LogP contribution in [0, 0.1) is 0 Å². The van der Waals surface area contributed by atoms with Gasteiger partial charge in [0.05, 0.1) is 26.2 Å². The van der Waals surface area contributed by atoms with E-state index in [1.807, 2.05) is 0 Å². The van der Waals surface area contributed by atoms with Crippen molar-refractivity contribution >= 4 is 34.3 Å². The van der Waals surface area contributed by atoms with E-state index in [9.17, 15) is 19.2 Å². The molecule has 14 nitrogen and oxygen atoms in total. The van der Waals surface area contributed by atoms with Crippen LogP contribution in [0.25, 0.3) is 0 Å². The summed E-state index contributed by atoms with van der Waals surface area (Å²) >= 11 is 0. The minimum Gasteiger partial charge on any atom is -0.480 e. The van der Waals surface area contributed by atoms with Crippen molar-refractivity contribution in [2.24, 2.45) is 0 Å². The Morgan fingerprint density at radius 3 is 0.885 bits per heavy atom. The molecule has 0 aliphatic rings. The van der Waals surface area contributed by atoms with Crippen LogP contribution in [0.3, 0.4) is 0 Å². The summed E-state index contributed by atoms with van der Waals surface area (Å²) in [7, 11) is -4.67. The van der Waals surface area contributed by atoms with Gasteiger partial charge in [-0.05, 0) is 0 Å². The summed E-state index contributed by atoms with van der Waals surface area (Å²) in [4.78, 5) is 44.4. The number of aliphatic carboxylic acids is 4. The van der Waals surface area contributed by atoms with Gasteiger partial charge < -0.3 is 20.4 Å². The first-order chi connectivity index (χ1) is 11.2. The molecule has 0 spiro atoms. The Balaban J connectivity index is -0.000000772. The van der Waals surface area contributed by atoms with E-state index in [0.29, 0.717) is 0 Å². The molecule has 0 bridgehead atoms. The molecule has 0 amide bonds. The van der Waals surface area contributed by atoms with Gasteiger partial charge in [-0.25, -0.2) is 0 Å². The predicted octanol–water partition coefficient (Wildman–Crippen LogP) is -2.73. The fourth-order valence-electron chi connectivity index (χ4n) is 1.48. The van der Waals surface area contributed by atoms with Gasteiger partial charge in [-0.3, -0.25) is 38.1 Å². The summed E-state index contributed by atoms with van der Waals surface area (Å²) in [6, 6.07) is 0. The first-order valence-electron chi connectivity index (χ1n) is 6.22. The van der Waals surface area contributed by atoms with E-state index < -0.39 is 60.5 Å². The molecule has 0 aromatic heterocycles. The Labute approximate surface area is 158 Å². The van der Waals surface area contributed by atoms with E-state index in [2.05, 4.69) is 0 Å². The molecule has 0 aromatic carbocycles. The third kappa shape index (κ3) is 27.1. The van der Waals surface area contributed by atoms with Crippen LogP contribution in [0.5, 0.6) is 0 Å². The number of rotatable bonds is 11. The maximum atomic E-state index is 10.6. The second-order valence-electron chi connectivity index (χ2n) is 4.44. The van der Waals surface area contributed by atoms with Gasteiger partial charge in [0, 0.05) is 30.2 Å².